The number of Topliss-reactive ketones (excluding diaryl/α,β-unsaturated/α-hetero) is 1. The van der Waals surface area contributed by atoms with Crippen LogP contribution in [0.25, 0.3) is 0 Å². The number of phenols is 4. The summed E-state index contributed by atoms with van der Waals surface area (Å²) in [5, 5.41) is 53.6. The molecule has 0 unspecified atom stereocenters. The molecule has 0 fully saturated rings. The number of allylic oxidation sites excluding steroid dienone is 6. The molecule has 7 heteroatoms. The molecule has 0 bridgehead atoms. The third-order valence-corrected chi connectivity index (χ3v) is 6.34. The number of aliphatic hydroxyl groups excluding tert-OH is 1. The Kier molecular flexibility index (Phi) is 8.39. The van der Waals surface area contributed by atoms with Crippen LogP contribution in [-0.4, -0.2) is 37.4 Å². The molecule has 0 spiro atoms. The van der Waals surface area contributed by atoms with Crippen molar-refractivity contribution in [2.45, 2.75) is 73.0 Å². The van der Waals surface area contributed by atoms with Crippen LogP contribution >= 0.6 is 0 Å². The van der Waals surface area contributed by atoms with Gasteiger partial charge in [-0.05, 0) is 72.4 Å². The molecule has 2 atom stereocenters. The second-order valence-electron chi connectivity index (χ2n) is 10.2. The van der Waals surface area contributed by atoms with Crippen LogP contribution in [0.4, 0.5) is 0 Å². The van der Waals surface area contributed by atoms with Crippen molar-refractivity contribution in [1.82, 2.24) is 0 Å². The van der Waals surface area contributed by atoms with E-state index < -0.39 is 23.7 Å². The van der Waals surface area contributed by atoms with Gasteiger partial charge in [-0.3, -0.25) is 4.79 Å². The lowest BCUT2D eigenvalue weighted by Gasteiger charge is -2.34. The number of aliphatic hydroxyl groups is 1. The molecule has 198 valence electrons. The normalized spacial score (nSPS) is 16.5. The molecule has 7 nitrogen and oxygen atoms in total. The highest BCUT2D eigenvalue weighted by atomic mass is 16.5. The van der Waals surface area contributed by atoms with E-state index in [2.05, 4.69) is 0 Å². The van der Waals surface area contributed by atoms with Crippen LogP contribution < -0.4 is 4.74 Å². The zero-order valence-corrected chi connectivity index (χ0v) is 22.2. The molecule has 1 aliphatic heterocycles. The van der Waals surface area contributed by atoms with Crippen LogP contribution in [0.1, 0.15) is 80.3 Å². The molecule has 37 heavy (non-hydrogen) atoms. The van der Waals surface area contributed by atoms with Crippen molar-refractivity contribution in [3.05, 3.63) is 74.9 Å². The zero-order chi connectivity index (χ0) is 27.6. The smallest absolute Gasteiger partial charge is 0.202 e. The first-order valence-electron chi connectivity index (χ1n) is 12.3. The van der Waals surface area contributed by atoms with E-state index in [9.17, 15) is 30.3 Å². The first kappa shape index (κ1) is 27.9. The van der Waals surface area contributed by atoms with Crippen LogP contribution in [-0.2, 0) is 19.3 Å². The summed E-state index contributed by atoms with van der Waals surface area (Å²) in [4.78, 5) is 13.4. The Morgan fingerprint density at radius 2 is 1.32 bits per heavy atom. The monoisotopic (exact) mass is 508 g/mol. The maximum absolute atomic E-state index is 13.4. The van der Waals surface area contributed by atoms with E-state index in [1.54, 1.807) is 0 Å². The SMILES string of the molecule is CC(C)=CCc1cc(O)c(O)c(CC=C(C)C)c1[C@@H]1Oc2c(CC=C(C)C)c(O)cc(O)c2C(=O)[C@@H]1O. The molecule has 2 aromatic rings. The Morgan fingerprint density at radius 1 is 0.784 bits per heavy atom. The topological polar surface area (TPSA) is 127 Å². The largest absolute Gasteiger partial charge is 0.507 e. The predicted molar refractivity (Wildman–Crippen MR) is 143 cm³/mol. The van der Waals surface area contributed by atoms with Gasteiger partial charge in [0.1, 0.15) is 22.8 Å². The fourth-order valence-electron chi connectivity index (χ4n) is 4.37. The van der Waals surface area contributed by atoms with Crippen molar-refractivity contribution in [2.75, 3.05) is 0 Å². The maximum atomic E-state index is 13.4. The Labute approximate surface area is 217 Å². The van der Waals surface area contributed by atoms with Gasteiger partial charge in [0.25, 0.3) is 0 Å². The zero-order valence-electron chi connectivity index (χ0n) is 22.2. The van der Waals surface area contributed by atoms with Gasteiger partial charge in [0.15, 0.2) is 23.7 Å². The Balaban J connectivity index is 2.31. The number of rotatable bonds is 7. The van der Waals surface area contributed by atoms with Crippen molar-refractivity contribution in [3.63, 3.8) is 0 Å². The van der Waals surface area contributed by atoms with Gasteiger partial charge in [-0.25, -0.2) is 0 Å². The van der Waals surface area contributed by atoms with Gasteiger partial charge >= 0.3 is 0 Å². The van der Waals surface area contributed by atoms with Crippen LogP contribution in [0.3, 0.4) is 0 Å². The number of hydrogen-bond acceptors (Lipinski definition) is 7. The van der Waals surface area contributed by atoms with Gasteiger partial charge in [0, 0.05) is 22.8 Å². The molecule has 0 saturated carbocycles. The number of carbonyl (C=O) groups excluding carboxylic acids is 1. The second-order valence-corrected chi connectivity index (χ2v) is 10.2. The van der Waals surface area contributed by atoms with Crippen LogP contribution in [0.15, 0.2) is 47.1 Å². The minimum absolute atomic E-state index is 0.0100. The molecule has 0 amide bonds. The number of fused-ring (bicyclic) bond motifs is 1. The van der Waals surface area contributed by atoms with Crippen molar-refractivity contribution in [3.8, 4) is 28.7 Å². The minimum Gasteiger partial charge on any atom is -0.507 e. The standard InChI is InChI=1S/C30H36O7/c1-15(2)7-10-18-13-23(33)26(34)20(12-9-17(5)6)24(18)30-28(36)27(35)25-22(32)14-21(31)19(29(25)37-30)11-8-16(3)4/h7-9,13-14,28,30-34,36H,10-12H2,1-6H3/t28-,30-/m0/s1. The number of hydrogen-bond donors (Lipinski definition) is 5. The lowest BCUT2D eigenvalue weighted by atomic mass is 9.84. The van der Waals surface area contributed by atoms with E-state index in [1.807, 2.05) is 59.8 Å². The third-order valence-electron chi connectivity index (χ3n) is 6.34. The average molecular weight is 509 g/mol. The number of ketones is 1. The van der Waals surface area contributed by atoms with E-state index in [0.29, 0.717) is 28.7 Å². The first-order chi connectivity index (χ1) is 17.3. The quantitative estimate of drug-likeness (QED) is 0.239. The summed E-state index contributed by atoms with van der Waals surface area (Å²) >= 11 is 0. The summed E-state index contributed by atoms with van der Waals surface area (Å²) < 4.78 is 6.26. The summed E-state index contributed by atoms with van der Waals surface area (Å²) in [7, 11) is 0. The molecule has 0 aromatic heterocycles. The lowest BCUT2D eigenvalue weighted by Crippen LogP contribution is -2.37. The predicted octanol–water partition coefficient (Wildman–Crippen LogP) is 5.71. The van der Waals surface area contributed by atoms with E-state index in [1.165, 1.54) is 6.07 Å². The molecule has 0 saturated heterocycles. The highest BCUT2D eigenvalue weighted by Gasteiger charge is 2.42. The fourth-order valence-corrected chi connectivity index (χ4v) is 4.37. The summed E-state index contributed by atoms with van der Waals surface area (Å²) in [6, 6.07) is 2.49. The number of phenolic OH excluding ortho intramolecular Hbond substituents is 4. The van der Waals surface area contributed by atoms with Gasteiger partial charge in [0.05, 0.1) is 0 Å². The van der Waals surface area contributed by atoms with E-state index in [0.717, 1.165) is 22.8 Å². The second kappa shape index (κ2) is 11.1. The molecule has 1 heterocycles. The molecular weight excluding hydrogens is 472 g/mol. The number of ether oxygens (including phenoxy) is 1. The van der Waals surface area contributed by atoms with Gasteiger partial charge in [0.2, 0.25) is 5.78 Å². The van der Waals surface area contributed by atoms with Crippen molar-refractivity contribution >= 4 is 5.78 Å². The Morgan fingerprint density at radius 3 is 1.89 bits per heavy atom. The first-order valence-corrected chi connectivity index (χ1v) is 12.3. The molecule has 0 radical (unpaired) electrons. The molecule has 1 aliphatic rings. The van der Waals surface area contributed by atoms with Gasteiger partial charge in [-0.2, -0.15) is 0 Å². The highest BCUT2D eigenvalue weighted by molar-refractivity contribution is 6.06. The average Bonchev–Trinajstić information content (AvgIpc) is 2.80. The minimum atomic E-state index is -1.70. The van der Waals surface area contributed by atoms with Gasteiger partial charge in [-0.15, -0.1) is 0 Å². The maximum Gasteiger partial charge on any atom is 0.202 e. The number of benzene rings is 2. The van der Waals surface area contributed by atoms with Crippen LogP contribution in [0.2, 0.25) is 0 Å². The van der Waals surface area contributed by atoms with Crippen molar-refractivity contribution in [2.24, 2.45) is 0 Å². The molecule has 0 aliphatic carbocycles. The van der Waals surface area contributed by atoms with Crippen LogP contribution in [0.5, 0.6) is 28.7 Å². The molecule has 3 rings (SSSR count). The Hall–Kier alpha value is -3.71. The van der Waals surface area contributed by atoms with Crippen molar-refractivity contribution in [1.29, 1.82) is 0 Å². The lowest BCUT2D eigenvalue weighted by molar-refractivity contribution is 0.0200. The molecule has 5 N–H and O–H groups in total. The Bertz CT molecular complexity index is 1300. The van der Waals surface area contributed by atoms with Crippen LogP contribution in [0, 0.1) is 0 Å². The summed E-state index contributed by atoms with van der Waals surface area (Å²) in [6.45, 7) is 11.4. The third kappa shape index (κ3) is 5.83. The van der Waals surface area contributed by atoms with Gasteiger partial charge < -0.3 is 30.3 Å². The fraction of sp³-hybridized carbons (Fsp3) is 0.367. The molecule has 2 aromatic carbocycles. The van der Waals surface area contributed by atoms with E-state index in [-0.39, 0.29) is 41.4 Å². The van der Waals surface area contributed by atoms with E-state index >= 15 is 0 Å². The number of aromatic hydroxyl groups is 4. The summed E-state index contributed by atoms with van der Waals surface area (Å²) in [5.74, 6) is -2.15. The molecular formula is C30H36O7. The summed E-state index contributed by atoms with van der Waals surface area (Å²) in [6.07, 6.45) is 3.53. The number of carbonyl (C=O) groups is 1. The van der Waals surface area contributed by atoms with Crippen molar-refractivity contribution < 1.29 is 35.1 Å². The van der Waals surface area contributed by atoms with E-state index in [4.69, 9.17) is 4.74 Å². The van der Waals surface area contributed by atoms with Gasteiger partial charge in [-0.1, -0.05) is 34.9 Å². The highest BCUT2D eigenvalue weighted by Crippen LogP contribution is 2.48. The summed E-state index contributed by atoms with van der Waals surface area (Å²) in [5.41, 5.74) is 4.37.